The van der Waals surface area contributed by atoms with E-state index in [1.807, 2.05) is 24.3 Å². The number of hydrogen-bond acceptors (Lipinski definition) is 1. The lowest BCUT2D eigenvalue weighted by Crippen LogP contribution is -3.12. The lowest BCUT2D eigenvalue weighted by molar-refractivity contribution is -0.904. The van der Waals surface area contributed by atoms with E-state index in [2.05, 4.69) is 21.2 Å². The second-order valence-corrected chi connectivity index (χ2v) is 5.78. The molecule has 0 aliphatic carbocycles. The Morgan fingerprint density at radius 3 is 2.50 bits per heavy atom. The predicted molar refractivity (Wildman–Crippen MR) is 76.8 cm³/mol. The van der Waals surface area contributed by atoms with Crippen molar-refractivity contribution in [3.05, 3.63) is 28.7 Å². The van der Waals surface area contributed by atoms with Crippen LogP contribution in [0.1, 0.15) is 25.7 Å². The summed E-state index contributed by atoms with van der Waals surface area (Å²) in [6.45, 7) is 3.42. The summed E-state index contributed by atoms with van der Waals surface area (Å²) < 4.78 is 1.03. The molecule has 1 heterocycles. The van der Waals surface area contributed by atoms with Crippen LogP contribution in [0.2, 0.25) is 0 Å². The van der Waals surface area contributed by atoms with E-state index in [1.165, 1.54) is 32.4 Å². The fourth-order valence-electron chi connectivity index (χ4n) is 2.35. The number of quaternary nitrogens is 1. The molecule has 0 unspecified atom stereocenters. The summed E-state index contributed by atoms with van der Waals surface area (Å²) in [5.41, 5.74) is 0.872. The number of amides is 1. The van der Waals surface area contributed by atoms with Gasteiger partial charge in [-0.25, -0.2) is 0 Å². The molecular weight excluding hydrogens is 292 g/mol. The van der Waals surface area contributed by atoms with Gasteiger partial charge in [0.25, 0.3) is 0 Å². The predicted octanol–water partition coefficient (Wildman–Crippen LogP) is 1.85. The van der Waals surface area contributed by atoms with Crippen molar-refractivity contribution in [3.8, 4) is 0 Å². The Kier molecular flexibility index (Phi) is 5.20. The van der Waals surface area contributed by atoms with Crippen LogP contribution >= 0.6 is 15.9 Å². The van der Waals surface area contributed by atoms with E-state index >= 15 is 0 Å². The molecule has 1 aliphatic rings. The highest BCUT2D eigenvalue weighted by molar-refractivity contribution is 9.10. The zero-order chi connectivity index (χ0) is 12.8. The highest BCUT2D eigenvalue weighted by Gasteiger charge is 2.14. The van der Waals surface area contributed by atoms with Gasteiger partial charge in [-0.15, -0.1) is 0 Å². The van der Waals surface area contributed by atoms with Crippen LogP contribution in [-0.2, 0) is 4.79 Å². The summed E-state index contributed by atoms with van der Waals surface area (Å²) in [5.74, 6) is 0.121. The number of anilines is 1. The average molecular weight is 312 g/mol. The van der Waals surface area contributed by atoms with Gasteiger partial charge in [-0.1, -0.05) is 15.9 Å². The second kappa shape index (κ2) is 6.90. The van der Waals surface area contributed by atoms with Gasteiger partial charge in [-0.05, 0) is 43.5 Å². The number of benzene rings is 1. The number of carbonyl (C=O) groups excluding carboxylic acids is 1. The second-order valence-electron chi connectivity index (χ2n) is 4.87. The van der Waals surface area contributed by atoms with Crippen molar-refractivity contribution < 1.29 is 9.69 Å². The maximum atomic E-state index is 11.8. The quantitative estimate of drug-likeness (QED) is 0.874. The van der Waals surface area contributed by atoms with E-state index in [-0.39, 0.29) is 5.91 Å². The number of piperidine rings is 1. The van der Waals surface area contributed by atoms with Crippen molar-refractivity contribution in [1.29, 1.82) is 0 Å². The number of carbonyl (C=O) groups is 1. The minimum Gasteiger partial charge on any atom is -0.335 e. The van der Waals surface area contributed by atoms with Crippen molar-refractivity contribution >= 4 is 27.5 Å². The molecule has 0 saturated carbocycles. The van der Waals surface area contributed by atoms with E-state index in [1.54, 1.807) is 4.90 Å². The summed E-state index contributed by atoms with van der Waals surface area (Å²) in [7, 11) is 0. The van der Waals surface area contributed by atoms with Crippen LogP contribution in [0.25, 0.3) is 0 Å². The topological polar surface area (TPSA) is 33.5 Å². The zero-order valence-electron chi connectivity index (χ0n) is 10.5. The number of likely N-dealkylation sites (tertiary alicyclic amines) is 1. The van der Waals surface area contributed by atoms with Crippen LogP contribution in [0, 0.1) is 0 Å². The third kappa shape index (κ3) is 4.42. The lowest BCUT2D eigenvalue weighted by Gasteiger charge is -2.23. The Balaban J connectivity index is 1.73. The van der Waals surface area contributed by atoms with Crippen LogP contribution in [-0.4, -0.2) is 25.5 Å². The SMILES string of the molecule is O=C(CC[NH+]1CCCCC1)Nc1ccc(Br)cc1. The number of hydrogen-bond donors (Lipinski definition) is 2. The highest BCUT2D eigenvalue weighted by atomic mass is 79.9. The van der Waals surface area contributed by atoms with Crippen molar-refractivity contribution in [2.45, 2.75) is 25.7 Å². The van der Waals surface area contributed by atoms with Crippen LogP contribution in [0.15, 0.2) is 28.7 Å². The molecule has 2 rings (SSSR count). The molecule has 3 nitrogen and oxygen atoms in total. The Morgan fingerprint density at radius 1 is 1.17 bits per heavy atom. The van der Waals surface area contributed by atoms with Crippen LogP contribution in [0.3, 0.4) is 0 Å². The minimum atomic E-state index is 0.121. The standard InChI is InChI=1S/C14H19BrN2O/c15-12-4-6-13(7-5-12)16-14(18)8-11-17-9-2-1-3-10-17/h4-7H,1-3,8-11H2,(H,16,18)/p+1. The fourth-order valence-corrected chi connectivity index (χ4v) is 2.61. The summed E-state index contributed by atoms with van der Waals surface area (Å²) in [6.07, 6.45) is 4.59. The van der Waals surface area contributed by atoms with Gasteiger partial charge in [0, 0.05) is 10.2 Å². The first-order valence-electron chi connectivity index (χ1n) is 6.63. The molecule has 0 spiro atoms. The molecule has 1 aliphatic heterocycles. The smallest absolute Gasteiger partial charge is 0.230 e. The molecule has 0 atom stereocenters. The summed E-state index contributed by atoms with van der Waals surface area (Å²) in [5, 5.41) is 2.94. The number of rotatable bonds is 4. The molecule has 1 fully saturated rings. The van der Waals surface area contributed by atoms with Gasteiger partial charge >= 0.3 is 0 Å². The molecule has 1 saturated heterocycles. The van der Waals surface area contributed by atoms with Gasteiger partial charge in [0.2, 0.25) is 5.91 Å². The Hall–Kier alpha value is -0.870. The third-order valence-electron chi connectivity index (χ3n) is 3.39. The number of nitrogens with one attached hydrogen (secondary N) is 2. The minimum absolute atomic E-state index is 0.121. The third-order valence-corrected chi connectivity index (χ3v) is 3.92. The monoisotopic (exact) mass is 311 g/mol. The maximum absolute atomic E-state index is 11.8. The van der Waals surface area contributed by atoms with Crippen molar-refractivity contribution in [2.75, 3.05) is 25.0 Å². The van der Waals surface area contributed by atoms with E-state index in [0.29, 0.717) is 6.42 Å². The van der Waals surface area contributed by atoms with Crippen molar-refractivity contribution in [3.63, 3.8) is 0 Å². The van der Waals surface area contributed by atoms with Crippen LogP contribution in [0.5, 0.6) is 0 Å². The molecular formula is C14H20BrN2O+. The lowest BCUT2D eigenvalue weighted by atomic mass is 10.1. The number of halogens is 1. The van der Waals surface area contributed by atoms with Gasteiger partial charge in [-0.3, -0.25) is 4.79 Å². The highest BCUT2D eigenvalue weighted by Crippen LogP contribution is 2.14. The first-order valence-corrected chi connectivity index (χ1v) is 7.42. The molecule has 0 bridgehead atoms. The molecule has 1 aromatic rings. The van der Waals surface area contributed by atoms with Gasteiger partial charge < -0.3 is 10.2 Å². The molecule has 18 heavy (non-hydrogen) atoms. The zero-order valence-corrected chi connectivity index (χ0v) is 12.1. The maximum Gasteiger partial charge on any atom is 0.230 e. The van der Waals surface area contributed by atoms with E-state index < -0.39 is 0 Å². The van der Waals surface area contributed by atoms with Gasteiger partial charge in [0.1, 0.15) is 0 Å². The van der Waals surface area contributed by atoms with Gasteiger partial charge in [0.15, 0.2) is 0 Å². The Morgan fingerprint density at radius 2 is 1.83 bits per heavy atom. The Bertz CT molecular complexity index is 385. The van der Waals surface area contributed by atoms with Gasteiger partial charge in [0.05, 0.1) is 26.1 Å². The van der Waals surface area contributed by atoms with Crippen molar-refractivity contribution in [1.82, 2.24) is 0 Å². The van der Waals surface area contributed by atoms with Crippen molar-refractivity contribution in [2.24, 2.45) is 0 Å². The normalized spacial score (nSPS) is 16.5. The fraction of sp³-hybridized carbons (Fsp3) is 0.500. The van der Waals surface area contributed by atoms with E-state index in [9.17, 15) is 4.79 Å². The molecule has 1 amide bonds. The van der Waals surface area contributed by atoms with Crippen LogP contribution in [0.4, 0.5) is 5.69 Å². The first-order chi connectivity index (χ1) is 8.74. The van der Waals surface area contributed by atoms with Crippen LogP contribution < -0.4 is 10.2 Å². The van der Waals surface area contributed by atoms with E-state index in [4.69, 9.17) is 0 Å². The molecule has 4 heteroatoms. The molecule has 2 N–H and O–H groups in total. The average Bonchev–Trinajstić information content (AvgIpc) is 2.40. The summed E-state index contributed by atoms with van der Waals surface area (Å²) in [4.78, 5) is 13.4. The molecule has 0 radical (unpaired) electrons. The van der Waals surface area contributed by atoms with Gasteiger partial charge in [-0.2, -0.15) is 0 Å². The molecule has 1 aromatic carbocycles. The Labute approximate surface area is 117 Å². The largest absolute Gasteiger partial charge is 0.335 e. The first kappa shape index (κ1) is 13.6. The summed E-state index contributed by atoms with van der Waals surface area (Å²) >= 11 is 3.38. The summed E-state index contributed by atoms with van der Waals surface area (Å²) in [6, 6.07) is 7.70. The molecule has 98 valence electrons. The molecule has 0 aromatic heterocycles. The van der Waals surface area contributed by atoms with E-state index in [0.717, 1.165) is 16.7 Å².